The van der Waals surface area contributed by atoms with Crippen molar-refractivity contribution in [3.63, 3.8) is 0 Å². The van der Waals surface area contributed by atoms with E-state index in [2.05, 4.69) is 95.3 Å². The lowest BCUT2D eigenvalue weighted by Crippen LogP contribution is -2.47. The number of nitrogens with one attached hydrogen (secondary N) is 2. The van der Waals surface area contributed by atoms with E-state index in [4.69, 9.17) is 9.98 Å². The van der Waals surface area contributed by atoms with Gasteiger partial charge in [0.15, 0.2) is 0 Å². The van der Waals surface area contributed by atoms with Crippen molar-refractivity contribution in [2.75, 3.05) is 38.0 Å². The molecule has 0 bridgehead atoms. The van der Waals surface area contributed by atoms with Crippen LogP contribution in [0.3, 0.4) is 0 Å². The SMILES string of the molecule is C=C(c1ccc(NC2=NC=Cn3c(-c4ccc(CC)c(C)c4)cnc3C2)cc1C)N1CCN(C(=C)C2CCCN2)CC1. The number of anilines is 1. The minimum absolute atomic E-state index is 0.444. The van der Waals surface area contributed by atoms with E-state index in [0.29, 0.717) is 12.5 Å². The minimum Gasteiger partial charge on any atom is -0.370 e. The van der Waals surface area contributed by atoms with Gasteiger partial charge >= 0.3 is 0 Å². The van der Waals surface area contributed by atoms with Gasteiger partial charge in [0.2, 0.25) is 0 Å². The molecule has 0 spiro atoms. The van der Waals surface area contributed by atoms with E-state index in [1.165, 1.54) is 46.4 Å². The second-order valence-electron chi connectivity index (χ2n) is 11.7. The molecule has 0 amide bonds. The molecular weight excluding hydrogens is 518 g/mol. The molecule has 7 nitrogen and oxygen atoms in total. The minimum atomic E-state index is 0.444. The third-order valence-electron chi connectivity index (χ3n) is 9.02. The molecule has 3 aliphatic heterocycles. The van der Waals surface area contributed by atoms with Gasteiger partial charge in [-0.1, -0.05) is 38.3 Å². The Morgan fingerprint density at radius 3 is 2.55 bits per heavy atom. The number of aliphatic imine (C=N–C) groups is 1. The number of fused-ring (bicyclic) bond motifs is 1. The zero-order valence-electron chi connectivity index (χ0n) is 25.3. The smallest absolute Gasteiger partial charge is 0.120 e. The molecule has 0 radical (unpaired) electrons. The largest absolute Gasteiger partial charge is 0.370 e. The van der Waals surface area contributed by atoms with Crippen LogP contribution in [0.15, 0.2) is 72.6 Å². The van der Waals surface area contributed by atoms with Crippen LogP contribution in [0.4, 0.5) is 5.69 Å². The number of amidine groups is 1. The van der Waals surface area contributed by atoms with Crippen molar-refractivity contribution >= 4 is 23.4 Å². The standard InChI is InChI=1S/C35H43N7/c1-6-28-9-10-29(20-24(28)2)33-23-38-35-22-34(37-14-15-42(33)35)39-30-11-12-31(25(3)21-30)26(4)40-16-18-41(19-17-40)27(5)32-8-7-13-36-32/h9-12,14-15,20-21,23,32,36H,4-8,13,16-19,22H2,1-3H3,(H,37,39). The molecule has 42 heavy (non-hydrogen) atoms. The van der Waals surface area contributed by atoms with Gasteiger partial charge in [-0.2, -0.15) is 0 Å². The summed E-state index contributed by atoms with van der Waals surface area (Å²) in [6, 6.07) is 13.6. The summed E-state index contributed by atoms with van der Waals surface area (Å²) in [6.07, 6.45) is 9.94. The first-order valence-corrected chi connectivity index (χ1v) is 15.3. The third kappa shape index (κ3) is 5.66. The fourth-order valence-corrected chi connectivity index (χ4v) is 6.48. The first kappa shape index (κ1) is 28.0. The second kappa shape index (κ2) is 12.0. The number of benzene rings is 2. The molecule has 6 rings (SSSR count). The van der Waals surface area contributed by atoms with Crippen LogP contribution in [0.2, 0.25) is 0 Å². The van der Waals surface area contributed by atoms with Crippen molar-refractivity contribution in [2.45, 2.75) is 52.5 Å². The predicted molar refractivity (Wildman–Crippen MR) is 175 cm³/mol. The van der Waals surface area contributed by atoms with E-state index in [9.17, 15) is 0 Å². The number of piperazine rings is 1. The molecule has 4 heterocycles. The van der Waals surface area contributed by atoms with Crippen molar-refractivity contribution in [1.29, 1.82) is 0 Å². The summed E-state index contributed by atoms with van der Waals surface area (Å²) in [5.41, 5.74) is 10.7. The summed E-state index contributed by atoms with van der Waals surface area (Å²) < 4.78 is 2.15. The zero-order chi connectivity index (χ0) is 29.2. The van der Waals surface area contributed by atoms with Gasteiger partial charge in [-0.25, -0.2) is 9.98 Å². The molecule has 0 aliphatic carbocycles. The molecule has 1 aromatic heterocycles. The van der Waals surface area contributed by atoms with E-state index < -0.39 is 0 Å². The van der Waals surface area contributed by atoms with Crippen LogP contribution in [-0.2, 0) is 12.8 Å². The number of hydrogen-bond donors (Lipinski definition) is 2. The van der Waals surface area contributed by atoms with Crippen LogP contribution >= 0.6 is 0 Å². The van der Waals surface area contributed by atoms with Gasteiger partial charge in [-0.15, -0.1) is 0 Å². The second-order valence-corrected chi connectivity index (χ2v) is 11.7. The van der Waals surface area contributed by atoms with Crippen molar-refractivity contribution in [3.05, 3.63) is 95.7 Å². The molecule has 7 heteroatoms. The molecule has 2 saturated heterocycles. The monoisotopic (exact) mass is 561 g/mol. The van der Waals surface area contributed by atoms with Crippen molar-refractivity contribution in [1.82, 2.24) is 24.7 Å². The molecular formula is C35H43N7. The quantitative estimate of drug-likeness (QED) is 0.366. The average molecular weight is 562 g/mol. The van der Waals surface area contributed by atoms with Gasteiger partial charge in [0, 0.05) is 72.8 Å². The lowest BCUT2D eigenvalue weighted by Gasteiger charge is -2.40. The maximum absolute atomic E-state index is 4.76. The summed E-state index contributed by atoms with van der Waals surface area (Å²) in [6.45, 7) is 20.4. The first-order valence-electron chi connectivity index (χ1n) is 15.3. The Kier molecular flexibility index (Phi) is 8.02. The fraction of sp³-hybridized carbons (Fsp3) is 0.371. The van der Waals surface area contributed by atoms with Gasteiger partial charge in [0.1, 0.15) is 11.7 Å². The summed E-state index contributed by atoms with van der Waals surface area (Å²) >= 11 is 0. The number of hydrogen-bond acceptors (Lipinski definition) is 6. The van der Waals surface area contributed by atoms with Gasteiger partial charge in [0.05, 0.1) is 18.3 Å². The van der Waals surface area contributed by atoms with Gasteiger partial charge < -0.3 is 25.0 Å². The maximum atomic E-state index is 4.76. The Morgan fingerprint density at radius 2 is 1.83 bits per heavy atom. The van der Waals surface area contributed by atoms with E-state index >= 15 is 0 Å². The summed E-state index contributed by atoms with van der Waals surface area (Å²) in [4.78, 5) is 14.3. The Hall–Kier alpha value is -4.10. The highest BCUT2D eigenvalue weighted by Gasteiger charge is 2.26. The summed E-state index contributed by atoms with van der Waals surface area (Å²) in [5.74, 6) is 1.84. The molecule has 0 saturated carbocycles. The van der Waals surface area contributed by atoms with Crippen LogP contribution in [0, 0.1) is 13.8 Å². The Morgan fingerprint density at radius 1 is 1.02 bits per heavy atom. The van der Waals surface area contributed by atoms with Crippen molar-refractivity contribution in [3.8, 4) is 11.3 Å². The van der Waals surface area contributed by atoms with Crippen LogP contribution in [0.1, 0.15) is 47.8 Å². The molecule has 3 aliphatic rings. The molecule has 218 valence electrons. The lowest BCUT2D eigenvalue weighted by atomic mass is 10.0. The number of aromatic nitrogens is 2. The van der Waals surface area contributed by atoms with E-state index in [-0.39, 0.29) is 0 Å². The normalized spacial score (nSPS) is 18.5. The molecule has 3 aromatic rings. The first-order chi connectivity index (χ1) is 20.4. The fourth-order valence-electron chi connectivity index (χ4n) is 6.48. The summed E-state index contributed by atoms with van der Waals surface area (Å²) in [7, 11) is 0. The van der Waals surface area contributed by atoms with Crippen molar-refractivity contribution < 1.29 is 0 Å². The van der Waals surface area contributed by atoms with E-state index in [1.54, 1.807) is 0 Å². The van der Waals surface area contributed by atoms with Crippen LogP contribution in [-0.4, -0.2) is 64.0 Å². The Balaban J connectivity index is 1.09. The Labute approximate surface area is 250 Å². The van der Waals surface area contributed by atoms with Gasteiger partial charge in [0.25, 0.3) is 0 Å². The number of imidazole rings is 1. The molecule has 1 atom stereocenters. The predicted octanol–water partition coefficient (Wildman–Crippen LogP) is 6.08. The van der Waals surface area contributed by atoms with E-state index in [1.807, 2.05) is 18.6 Å². The third-order valence-corrected chi connectivity index (χ3v) is 9.02. The molecule has 1 unspecified atom stereocenters. The van der Waals surface area contributed by atoms with Gasteiger partial charge in [-0.3, -0.25) is 0 Å². The topological polar surface area (TPSA) is 60.7 Å². The van der Waals surface area contributed by atoms with Crippen LogP contribution in [0.25, 0.3) is 23.2 Å². The van der Waals surface area contributed by atoms with Crippen LogP contribution < -0.4 is 10.6 Å². The number of aryl methyl sites for hydroxylation is 3. The zero-order valence-corrected chi connectivity index (χ0v) is 25.3. The number of rotatable bonds is 7. The lowest BCUT2D eigenvalue weighted by molar-refractivity contribution is 0.203. The Bertz CT molecular complexity index is 1550. The van der Waals surface area contributed by atoms with Crippen LogP contribution in [0.5, 0.6) is 0 Å². The molecule has 2 aromatic carbocycles. The van der Waals surface area contributed by atoms with Gasteiger partial charge in [-0.05, 0) is 74.5 Å². The average Bonchev–Trinajstić information content (AvgIpc) is 3.63. The van der Waals surface area contributed by atoms with E-state index in [0.717, 1.165) is 67.9 Å². The maximum Gasteiger partial charge on any atom is 0.120 e. The number of nitrogens with zero attached hydrogens (tertiary/aromatic N) is 5. The highest BCUT2D eigenvalue weighted by molar-refractivity contribution is 5.97. The molecule has 2 fully saturated rings. The van der Waals surface area contributed by atoms with Crippen molar-refractivity contribution in [2.24, 2.45) is 4.99 Å². The molecule has 2 N–H and O–H groups in total. The highest BCUT2D eigenvalue weighted by atomic mass is 15.3. The summed E-state index contributed by atoms with van der Waals surface area (Å²) in [5, 5.41) is 7.13. The highest BCUT2D eigenvalue weighted by Crippen LogP contribution is 2.28.